The van der Waals surface area contributed by atoms with Gasteiger partial charge in [-0.2, -0.15) is 5.10 Å². The van der Waals surface area contributed by atoms with E-state index in [1.807, 2.05) is 72.9 Å². The van der Waals surface area contributed by atoms with Gasteiger partial charge in [0.05, 0.1) is 20.4 Å². The summed E-state index contributed by atoms with van der Waals surface area (Å²) < 4.78 is 12.5. The fourth-order valence-electron chi connectivity index (χ4n) is 3.72. The third-order valence-electron chi connectivity index (χ3n) is 5.51. The third kappa shape index (κ3) is 4.63. The zero-order valence-corrected chi connectivity index (χ0v) is 19.2. The highest BCUT2D eigenvalue weighted by Gasteiger charge is 2.13. The Morgan fingerprint density at radius 2 is 1.63 bits per heavy atom. The van der Waals surface area contributed by atoms with Gasteiger partial charge in [-0.25, -0.2) is 9.50 Å². The fourth-order valence-corrected chi connectivity index (χ4v) is 3.72. The van der Waals surface area contributed by atoms with Gasteiger partial charge in [0, 0.05) is 28.7 Å². The van der Waals surface area contributed by atoms with Crippen molar-refractivity contribution in [1.82, 2.24) is 14.6 Å². The van der Waals surface area contributed by atoms with Gasteiger partial charge in [-0.3, -0.25) is 4.79 Å². The molecule has 1 amide bonds. The number of nitrogens with zero attached hydrogens (tertiary/aromatic N) is 3. The first-order chi connectivity index (χ1) is 17.1. The SMILES string of the molecule is COc1ccc(-c2cnn3ccc(Nc4ccc(C(=O)Nc5ccccc5)cc4)nc23)cc1OC. The van der Waals surface area contributed by atoms with Gasteiger partial charge >= 0.3 is 0 Å². The highest BCUT2D eigenvalue weighted by atomic mass is 16.5. The van der Waals surface area contributed by atoms with Crippen molar-refractivity contribution in [3.63, 3.8) is 0 Å². The molecule has 0 aliphatic heterocycles. The maximum atomic E-state index is 12.5. The van der Waals surface area contributed by atoms with E-state index in [1.165, 1.54) is 0 Å². The van der Waals surface area contributed by atoms with E-state index in [4.69, 9.17) is 14.5 Å². The molecule has 0 aliphatic rings. The number of aromatic nitrogens is 3. The van der Waals surface area contributed by atoms with Crippen molar-refractivity contribution in [2.24, 2.45) is 0 Å². The van der Waals surface area contributed by atoms with Crippen LogP contribution in [0.1, 0.15) is 10.4 Å². The average Bonchev–Trinajstić information content (AvgIpc) is 3.32. The van der Waals surface area contributed by atoms with Gasteiger partial charge < -0.3 is 20.1 Å². The number of methoxy groups -OCH3 is 2. The van der Waals surface area contributed by atoms with Crippen LogP contribution in [0.25, 0.3) is 16.8 Å². The van der Waals surface area contributed by atoms with E-state index in [0.29, 0.717) is 28.5 Å². The van der Waals surface area contributed by atoms with E-state index in [0.717, 1.165) is 22.5 Å². The monoisotopic (exact) mass is 465 g/mol. The Balaban J connectivity index is 1.36. The second kappa shape index (κ2) is 9.56. The summed E-state index contributed by atoms with van der Waals surface area (Å²) in [5.41, 5.74) is 4.60. The molecule has 0 saturated carbocycles. The van der Waals surface area contributed by atoms with Gasteiger partial charge in [0.2, 0.25) is 0 Å². The summed E-state index contributed by atoms with van der Waals surface area (Å²) in [5.74, 6) is 1.78. The highest BCUT2D eigenvalue weighted by Crippen LogP contribution is 2.33. The van der Waals surface area contributed by atoms with E-state index >= 15 is 0 Å². The zero-order valence-electron chi connectivity index (χ0n) is 19.2. The second-order valence-electron chi connectivity index (χ2n) is 7.73. The minimum atomic E-state index is -0.166. The van der Waals surface area contributed by atoms with E-state index in [2.05, 4.69) is 15.7 Å². The first-order valence-electron chi connectivity index (χ1n) is 10.9. The minimum Gasteiger partial charge on any atom is -0.493 e. The lowest BCUT2D eigenvalue weighted by Crippen LogP contribution is -2.11. The number of benzene rings is 3. The molecule has 0 radical (unpaired) electrons. The molecule has 0 fully saturated rings. The van der Waals surface area contributed by atoms with Crippen molar-refractivity contribution in [1.29, 1.82) is 0 Å². The Hall–Kier alpha value is -4.85. The maximum absolute atomic E-state index is 12.5. The van der Waals surface area contributed by atoms with Crippen LogP contribution in [0.4, 0.5) is 17.2 Å². The van der Waals surface area contributed by atoms with Gasteiger partial charge in [-0.1, -0.05) is 24.3 Å². The Morgan fingerprint density at radius 1 is 0.857 bits per heavy atom. The number of carbonyl (C=O) groups excluding carboxylic acids is 1. The molecule has 3 aromatic carbocycles. The molecule has 0 atom stereocenters. The lowest BCUT2D eigenvalue weighted by Gasteiger charge is -2.10. The number of rotatable bonds is 7. The molecular weight excluding hydrogens is 442 g/mol. The number of ether oxygens (including phenoxy) is 2. The molecule has 2 N–H and O–H groups in total. The standard InChI is InChI=1S/C27H23N5O3/c1-34-23-13-10-19(16-24(23)35-2)22-17-28-32-15-14-25(31-26(22)32)29-21-11-8-18(9-12-21)27(33)30-20-6-4-3-5-7-20/h3-17H,1-2H3,(H,29,31)(H,30,33). The van der Waals surface area contributed by atoms with Gasteiger partial charge in [0.15, 0.2) is 17.1 Å². The summed E-state index contributed by atoms with van der Waals surface area (Å²) in [6.07, 6.45) is 3.62. The molecule has 0 aliphatic carbocycles. The van der Waals surface area contributed by atoms with Crippen LogP contribution in [0, 0.1) is 0 Å². The van der Waals surface area contributed by atoms with Crippen molar-refractivity contribution in [2.45, 2.75) is 0 Å². The van der Waals surface area contributed by atoms with Crippen LogP contribution >= 0.6 is 0 Å². The van der Waals surface area contributed by atoms with Crippen LogP contribution in [0.15, 0.2) is 91.3 Å². The number of hydrogen-bond acceptors (Lipinski definition) is 6. The molecule has 0 saturated heterocycles. The zero-order chi connectivity index (χ0) is 24.2. The number of amides is 1. The fraction of sp³-hybridized carbons (Fsp3) is 0.0741. The van der Waals surface area contributed by atoms with Gasteiger partial charge in [0.25, 0.3) is 5.91 Å². The Kier molecular flexibility index (Phi) is 6.00. The van der Waals surface area contributed by atoms with Crippen LogP contribution in [0.3, 0.4) is 0 Å². The largest absolute Gasteiger partial charge is 0.493 e. The van der Waals surface area contributed by atoms with Crippen molar-refractivity contribution < 1.29 is 14.3 Å². The highest BCUT2D eigenvalue weighted by molar-refractivity contribution is 6.04. The van der Waals surface area contributed by atoms with Crippen LogP contribution in [0.5, 0.6) is 11.5 Å². The van der Waals surface area contributed by atoms with E-state index in [1.54, 1.807) is 37.1 Å². The number of carbonyl (C=O) groups is 1. The number of anilines is 3. The molecule has 0 spiro atoms. The summed E-state index contributed by atoms with van der Waals surface area (Å²) in [7, 11) is 3.21. The summed E-state index contributed by atoms with van der Waals surface area (Å²) in [6, 6.07) is 24.1. The van der Waals surface area contributed by atoms with Crippen LogP contribution in [-0.4, -0.2) is 34.7 Å². The molecule has 5 aromatic rings. The average molecular weight is 466 g/mol. The summed E-state index contributed by atoms with van der Waals surface area (Å²) >= 11 is 0. The Morgan fingerprint density at radius 3 is 2.37 bits per heavy atom. The molecule has 0 bridgehead atoms. The van der Waals surface area contributed by atoms with Crippen LogP contribution < -0.4 is 20.1 Å². The molecule has 0 unspecified atom stereocenters. The van der Waals surface area contributed by atoms with Crippen molar-refractivity contribution >= 4 is 28.7 Å². The van der Waals surface area contributed by atoms with Gasteiger partial charge in [0.1, 0.15) is 5.82 Å². The summed E-state index contributed by atoms with van der Waals surface area (Å²) in [5, 5.41) is 10.6. The normalized spacial score (nSPS) is 10.7. The maximum Gasteiger partial charge on any atom is 0.255 e. The van der Waals surface area contributed by atoms with Gasteiger partial charge in [-0.05, 0) is 60.2 Å². The topological polar surface area (TPSA) is 89.8 Å². The molecule has 35 heavy (non-hydrogen) atoms. The van der Waals surface area contributed by atoms with Crippen molar-refractivity contribution in [3.8, 4) is 22.6 Å². The quantitative estimate of drug-likeness (QED) is 0.334. The van der Waals surface area contributed by atoms with Crippen LogP contribution in [-0.2, 0) is 0 Å². The number of hydrogen-bond donors (Lipinski definition) is 2. The van der Waals surface area contributed by atoms with Crippen molar-refractivity contribution in [3.05, 3.63) is 96.8 Å². The lowest BCUT2D eigenvalue weighted by atomic mass is 10.1. The van der Waals surface area contributed by atoms with E-state index < -0.39 is 0 Å². The molecule has 8 heteroatoms. The Labute approximate surface area is 202 Å². The molecular formula is C27H23N5O3. The first-order valence-corrected chi connectivity index (χ1v) is 10.9. The summed E-state index contributed by atoms with van der Waals surface area (Å²) in [6.45, 7) is 0. The number of fused-ring (bicyclic) bond motifs is 1. The third-order valence-corrected chi connectivity index (χ3v) is 5.51. The minimum absolute atomic E-state index is 0.166. The van der Waals surface area contributed by atoms with E-state index in [9.17, 15) is 4.79 Å². The lowest BCUT2D eigenvalue weighted by molar-refractivity contribution is 0.102. The predicted octanol–water partition coefficient (Wildman–Crippen LogP) is 5.41. The molecule has 174 valence electrons. The Bertz CT molecular complexity index is 1480. The molecule has 2 aromatic heterocycles. The molecule has 8 nitrogen and oxygen atoms in total. The smallest absolute Gasteiger partial charge is 0.255 e. The van der Waals surface area contributed by atoms with Crippen LogP contribution in [0.2, 0.25) is 0 Å². The summed E-state index contributed by atoms with van der Waals surface area (Å²) in [4.78, 5) is 17.2. The first kappa shape index (κ1) is 22.0. The van der Waals surface area contributed by atoms with E-state index in [-0.39, 0.29) is 5.91 Å². The van der Waals surface area contributed by atoms with Crippen molar-refractivity contribution in [2.75, 3.05) is 24.9 Å². The van der Waals surface area contributed by atoms with Gasteiger partial charge in [-0.15, -0.1) is 0 Å². The molecule has 2 heterocycles. The molecule has 5 rings (SSSR count). The second-order valence-corrected chi connectivity index (χ2v) is 7.73. The predicted molar refractivity (Wildman–Crippen MR) is 136 cm³/mol. The number of para-hydroxylation sites is 1. The number of nitrogens with one attached hydrogen (secondary N) is 2.